The fourth-order valence-corrected chi connectivity index (χ4v) is 1.63. The molecule has 2 N–H and O–H groups in total. The molecule has 0 aromatic carbocycles. The zero-order valence-electron chi connectivity index (χ0n) is 10.3. The van der Waals surface area contributed by atoms with Crippen LogP contribution in [-0.2, 0) is 0 Å². The summed E-state index contributed by atoms with van der Waals surface area (Å²) in [6.45, 7) is 3.28. The first-order chi connectivity index (χ1) is 8.99. The zero-order valence-corrected chi connectivity index (χ0v) is 10.3. The van der Waals surface area contributed by atoms with Crippen LogP contribution in [0.15, 0.2) is 23.0 Å². The van der Waals surface area contributed by atoms with E-state index in [0.717, 1.165) is 0 Å². The number of nitrogens with zero attached hydrogens (tertiary/aromatic N) is 2. The van der Waals surface area contributed by atoms with Gasteiger partial charge in [0.05, 0.1) is 23.1 Å². The van der Waals surface area contributed by atoms with Crippen LogP contribution >= 0.6 is 0 Å². The number of carbonyl (C=O) groups is 2. The maximum absolute atomic E-state index is 12.0. The Balaban J connectivity index is 2.24. The summed E-state index contributed by atoms with van der Waals surface area (Å²) in [5.74, 6) is -1.13. The number of aromatic carboxylic acids is 1. The molecule has 0 aliphatic rings. The summed E-state index contributed by atoms with van der Waals surface area (Å²) in [5.41, 5.74) is 1.10. The lowest BCUT2D eigenvalue weighted by molar-refractivity contribution is 0.0696. The molecule has 2 heterocycles. The van der Waals surface area contributed by atoms with E-state index in [0.29, 0.717) is 22.7 Å². The van der Waals surface area contributed by atoms with Gasteiger partial charge in [-0.1, -0.05) is 5.16 Å². The third kappa shape index (κ3) is 2.59. The summed E-state index contributed by atoms with van der Waals surface area (Å²) in [6, 6.07) is 1.32. The highest BCUT2D eigenvalue weighted by atomic mass is 16.5. The van der Waals surface area contributed by atoms with Gasteiger partial charge in [-0.3, -0.25) is 9.78 Å². The second-order valence-electron chi connectivity index (χ2n) is 3.92. The molecule has 2 rings (SSSR count). The minimum Gasteiger partial charge on any atom is -0.478 e. The van der Waals surface area contributed by atoms with Crippen LogP contribution in [0.3, 0.4) is 0 Å². The average molecular weight is 261 g/mol. The van der Waals surface area contributed by atoms with Crippen molar-refractivity contribution in [2.45, 2.75) is 13.8 Å². The van der Waals surface area contributed by atoms with Crippen molar-refractivity contribution in [2.75, 3.05) is 5.32 Å². The molecule has 0 saturated heterocycles. The van der Waals surface area contributed by atoms with Gasteiger partial charge in [0.1, 0.15) is 11.3 Å². The molecule has 0 unspecified atom stereocenters. The third-order valence-electron chi connectivity index (χ3n) is 2.50. The second-order valence-corrected chi connectivity index (χ2v) is 3.92. The van der Waals surface area contributed by atoms with Crippen molar-refractivity contribution in [3.8, 4) is 0 Å². The van der Waals surface area contributed by atoms with E-state index in [2.05, 4.69) is 15.5 Å². The summed E-state index contributed by atoms with van der Waals surface area (Å²) in [7, 11) is 0. The zero-order chi connectivity index (χ0) is 14.0. The van der Waals surface area contributed by atoms with Gasteiger partial charge in [0.15, 0.2) is 0 Å². The van der Waals surface area contributed by atoms with Crippen molar-refractivity contribution in [1.29, 1.82) is 0 Å². The van der Waals surface area contributed by atoms with E-state index in [-0.39, 0.29) is 5.56 Å². The molecule has 98 valence electrons. The van der Waals surface area contributed by atoms with Gasteiger partial charge in [-0.25, -0.2) is 4.79 Å². The Bertz CT molecular complexity index is 629. The Hall–Kier alpha value is -2.70. The molecule has 2 aromatic rings. The summed E-state index contributed by atoms with van der Waals surface area (Å²) < 4.78 is 4.90. The smallest absolute Gasteiger partial charge is 0.337 e. The number of hydrogen-bond acceptors (Lipinski definition) is 5. The number of aryl methyl sites for hydroxylation is 2. The summed E-state index contributed by atoms with van der Waals surface area (Å²) >= 11 is 0. The van der Waals surface area contributed by atoms with E-state index < -0.39 is 11.9 Å². The van der Waals surface area contributed by atoms with Crippen molar-refractivity contribution < 1.29 is 19.2 Å². The van der Waals surface area contributed by atoms with E-state index in [9.17, 15) is 9.59 Å². The second kappa shape index (κ2) is 4.89. The van der Waals surface area contributed by atoms with Crippen LogP contribution in [0, 0.1) is 13.8 Å². The Morgan fingerprint density at radius 3 is 2.63 bits per heavy atom. The van der Waals surface area contributed by atoms with Crippen LogP contribution < -0.4 is 5.32 Å². The number of carbonyl (C=O) groups excluding carboxylic acids is 1. The molecule has 0 radical (unpaired) electrons. The number of nitrogens with one attached hydrogen (secondary N) is 1. The van der Waals surface area contributed by atoms with Gasteiger partial charge in [0.2, 0.25) is 0 Å². The Labute approximate surface area is 108 Å². The van der Waals surface area contributed by atoms with E-state index in [1.54, 1.807) is 13.8 Å². The van der Waals surface area contributed by atoms with Crippen LogP contribution in [0.25, 0.3) is 0 Å². The molecule has 7 nitrogen and oxygen atoms in total. The van der Waals surface area contributed by atoms with E-state index in [1.165, 1.54) is 18.5 Å². The largest absolute Gasteiger partial charge is 0.478 e. The number of aromatic nitrogens is 2. The van der Waals surface area contributed by atoms with Crippen molar-refractivity contribution in [3.63, 3.8) is 0 Å². The predicted molar refractivity (Wildman–Crippen MR) is 65.1 cm³/mol. The quantitative estimate of drug-likeness (QED) is 0.870. The minimum atomic E-state index is -1.11. The van der Waals surface area contributed by atoms with E-state index in [4.69, 9.17) is 9.63 Å². The SMILES string of the molecule is Cc1noc(C)c1C(=O)Nc1cncc(C(=O)O)c1. The van der Waals surface area contributed by atoms with Crippen molar-refractivity contribution >= 4 is 17.6 Å². The summed E-state index contributed by atoms with van der Waals surface area (Å²) in [5, 5.41) is 15.1. The monoisotopic (exact) mass is 261 g/mol. The normalized spacial score (nSPS) is 10.2. The van der Waals surface area contributed by atoms with Gasteiger partial charge in [0.25, 0.3) is 5.91 Å². The van der Waals surface area contributed by atoms with Gasteiger partial charge >= 0.3 is 5.97 Å². The molecule has 0 aliphatic heterocycles. The third-order valence-corrected chi connectivity index (χ3v) is 2.50. The number of carboxylic acids is 1. The molecule has 0 atom stereocenters. The Morgan fingerprint density at radius 2 is 2.05 bits per heavy atom. The van der Waals surface area contributed by atoms with Crippen LogP contribution in [0.1, 0.15) is 32.2 Å². The lowest BCUT2D eigenvalue weighted by atomic mass is 10.2. The molecule has 0 bridgehead atoms. The number of rotatable bonds is 3. The van der Waals surface area contributed by atoms with Crippen LogP contribution in [0.2, 0.25) is 0 Å². The van der Waals surface area contributed by atoms with Crippen molar-refractivity contribution in [3.05, 3.63) is 41.0 Å². The van der Waals surface area contributed by atoms with Gasteiger partial charge in [-0.05, 0) is 19.9 Å². The maximum atomic E-state index is 12.0. The number of pyridine rings is 1. The summed E-state index contributed by atoms with van der Waals surface area (Å²) in [4.78, 5) is 26.6. The van der Waals surface area contributed by atoms with Crippen LogP contribution in [0.5, 0.6) is 0 Å². The van der Waals surface area contributed by atoms with Crippen LogP contribution in [0.4, 0.5) is 5.69 Å². The highest BCUT2D eigenvalue weighted by Crippen LogP contribution is 2.15. The summed E-state index contributed by atoms with van der Waals surface area (Å²) in [6.07, 6.45) is 2.57. The predicted octanol–water partition coefficient (Wildman–Crippen LogP) is 1.64. The Kier molecular flexibility index (Phi) is 3.28. The first kappa shape index (κ1) is 12.7. The van der Waals surface area contributed by atoms with Gasteiger partial charge in [-0.15, -0.1) is 0 Å². The first-order valence-electron chi connectivity index (χ1n) is 5.41. The van der Waals surface area contributed by atoms with Gasteiger partial charge in [0, 0.05) is 6.20 Å². The molecule has 0 fully saturated rings. The van der Waals surface area contributed by atoms with Crippen LogP contribution in [-0.4, -0.2) is 27.1 Å². The molecule has 1 amide bonds. The van der Waals surface area contributed by atoms with E-state index >= 15 is 0 Å². The van der Waals surface area contributed by atoms with E-state index in [1.807, 2.05) is 0 Å². The average Bonchev–Trinajstić information content (AvgIpc) is 2.69. The molecule has 19 heavy (non-hydrogen) atoms. The first-order valence-corrected chi connectivity index (χ1v) is 5.41. The fourth-order valence-electron chi connectivity index (χ4n) is 1.63. The molecule has 7 heteroatoms. The van der Waals surface area contributed by atoms with Gasteiger partial charge in [-0.2, -0.15) is 0 Å². The minimum absolute atomic E-state index is 0.00318. The fraction of sp³-hybridized carbons (Fsp3) is 0.167. The highest BCUT2D eigenvalue weighted by Gasteiger charge is 2.18. The topological polar surface area (TPSA) is 105 Å². The molecular formula is C12H11N3O4. The lowest BCUT2D eigenvalue weighted by Crippen LogP contribution is -2.14. The standard InChI is InChI=1S/C12H11N3O4/c1-6-10(7(2)19-15-6)11(16)14-9-3-8(12(17)18)4-13-5-9/h3-5H,1-2H3,(H,14,16)(H,17,18). The number of anilines is 1. The molecule has 0 aliphatic carbocycles. The number of hydrogen-bond donors (Lipinski definition) is 2. The lowest BCUT2D eigenvalue weighted by Gasteiger charge is -2.04. The molecule has 0 saturated carbocycles. The van der Waals surface area contributed by atoms with Crippen molar-refractivity contribution in [1.82, 2.24) is 10.1 Å². The maximum Gasteiger partial charge on any atom is 0.337 e. The van der Waals surface area contributed by atoms with Gasteiger partial charge < -0.3 is 14.9 Å². The molecule has 2 aromatic heterocycles. The molecule has 0 spiro atoms. The number of carboxylic acid groups (broad SMARTS) is 1. The molecular weight excluding hydrogens is 250 g/mol. The van der Waals surface area contributed by atoms with Crippen molar-refractivity contribution in [2.24, 2.45) is 0 Å². The highest BCUT2D eigenvalue weighted by molar-refractivity contribution is 6.06. The number of amides is 1. The Morgan fingerprint density at radius 1 is 1.32 bits per heavy atom.